The predicted molar refractivity (Wildman–Crippen MR) is 61.1 cm³/mol. The minimum Gasteiger partial charge on any atom is -0.469 e. The number of aliphatic hydroxyl groups excluding tert-OH is 1. The Morgan fingerprint density at radius 2 is 2.19 bits per heavy atom. The number of hydrogen-bond acceptors (Lipinski definition) is 3. The minimum atomic E-state index is -0.549. The summed E-state index contributed by atoms with van der Waals surface area (Å²) in [5.41, 5.74) is 2.86. The van der Waals surface area contributed by atoms with Crippen molar-refractivity contribution in [1.82, 2.24) is 4.98 Å². The zero-order valence-electron chi connectivity index (χ0n) is 9.47. The highest BCUT2D eigenvalue weighted by molar-refractivity contribution is 5.23. The van der Waals surface area contributed by atoms with Crippen LogP contribution < -0.4 is 0 Å². The van der Waals surface area contributed by atoms with Gasteiger partial charge in [-0.25, -0.2) is 0 Å². The summed E-state index contributed by atoms with van der Waals surface area (Å²) in [6, 6.07) is 5.70. The van der Waals surface area contributed by atoms with Gasteiger partial charge in [0.2, 0.25) is 0 Å². The summed E-state index contributed by atoms with van der Waals surface area (Å²) in [6.45, 7) is 3.85. The van der Waals surface area contributed by atoms with Crippen LogP contribution in [0.1, 0.15) is 28.7 Å². The number of aromatic nitrogens is 1. The van der Waals surface area contributed by atoms with Crippen LogP contribution >= 0.6 is 0 Å². The number of pyridine rings is 1. The smallest absolute Gasteiger partial charge is 0.106 e. The lowest BCUT2D eigenvalue weighted by Crippen LogP contribution is -2.05. The third kappa shape index (κ3) is 2.14. The topological polar surface area (TPSA) is 46.3 Å². The van der Waals surface area contributed by atoms with Gasteiger partial charge in [0.05, 0.1) is 12.4 Å². The average molecular weight is 217 g/mol. The molecule has 2 aromatic heterocycles. The van der Waals surface area contributed by atoms with E-state index in [2.05, 4.69) is 4.98 Å². The Hall–Kier alpha value is -1.61. The number of furan rings is 1. The van der Waals surface area contributed by atoms with Gasteiger partial charge in [0.1, 0.15) is 5.76 Å². The molecule has 84 valence electrons. The molecule has 2 aromatic rings. The monoisotopic (exact) mass is 217 g/mol. The second-order valence-corrected chi connectivity index (χ2v) is 3.92. The molecule has 0 bridgehead atoms. The van der Waals surface area contributed by atoms with Crippen molar-refractivity contribution in [3.8, 4) is 0 Å². The molecule has 0 fully saturated rings. The molecule has 3 nitrogen and oxygen atoms in total. The third-order valence-electron chi connectivity index (χ3n) is 2.76. The van der Waals surface area contributed by atoms with Gasteiger partial charge in [-0.05, 0) is 31.5 Å². The van der Waals surface area contributed by atoms with Crippen LogP contribution in [0.15, 0.2) is 35.1 Å². The number of aryl methyl sites for hydroxylation is 2. The van der Waals surface area contributed by atoms with Gasteiger partial charge in [-0.3, -0.25) is 4.98 Å². The highest BCUT2D eigenvalue weighted by atomic mass is 16.3. The molecule has 0 aliphatic carbocycles. The van der Waals surface area contributed by atoms with E-state index in [-0.39, 0.29) is 0 Å². The predicted octanol–water partition coefficient (Wildman–Crippen LogP) is 2.57. The molecule has 1 atom stereocenters. The van der Waals surface area contributed by atoms with E-state index in [0.29, 0.717) is 6.42 Å². The van der Waals surface area contributed by atoms with E-state index in [1.165, 1.54) is 0 Å². The molecule has 0 saturated heterocycles. The van der Waals surface area contributed by atoms with Crippen LogP contribution in [-0.2, 0) is 6.42 Å². The van der Waals surface area contributed by atoms with Crippen LogP contribution in [0.25, 0.3) is 0 Å². The van der Waals surface area contributed by atoms with E-state index >= 15 is 0 Å². The van der Waals surface area contributed by atoms with Crippen molar-refractivity contribution in [1.29, 1.82) is 0 Å². The first-order valence-corrected chi connectivity index (χ1v) is 5.31. The van der Waals surface area contributed by atoms with Crippen molar-refractivity contribution in [2.45, 2.75) is 26.4 Å². The Kier molecular flexibility index (Phi) is 3.06. The maximum absolute atomic E-state index is 10.1. The lowest BCUT2D eigenvalue weighted by Gasteiger charge is -2.10. The number of hydrogen-bond donors (Lipinski definition) is 1. The summed E-state index contributed by atoms with van der Waals surface area (Å²) >= 11 is 0. The first-order valence-electron chi connectivity index (χ1n) is 5.31. The summed E-state index contributed by atoms with van der Waals surface area (Å²) in [5.74, 6) is 0.765. The number of aliphatic hydroxyl groups is 1. The van der Waals surface area contributed by atoms with Crippen LogP contribution in [-0.4, -0.2) is 10.1 Å². The number of rotatable bonds is 3. The average Bonchev–Trinajstić information content (AvgIpc) is 2.68. The van der Waals surface area contributed by atoms with Crippen molar-refractivity contribution >= 4 is 0 Å². The zero-order chi connectivity index (χ0) is 11.5. The fourth-order valence-electron chi connectivity index (χ4n) is 1.77. The Labute approximate surface area is 94.8 Å². The lowest BCUT2D eigenvalue weighted by atomic mass is 10.0. The fourth-order valence-corrected chi connectivity index (χ4v) is 1.77. The standard InChI is InChI=1S/C13H15NO2/c1-9-4-3-6-14-12(9)8-13(15)11-5-7-16-10(11)2/h3-7,13,15H,8H2,1-2H3. The molecule has 2 rings (SSSR count). The Balaban J connectivity index is 2.17. The van der Waals surface area contributed by atoms with Gasteiger partial charge in [-0.2, -0.15) is 0 Å². The highest BCUT2D eigenvalue weighted by Crippen LogP contribution is 2.22. The second kappa shape index (κ2) is 4.49. The number of nitrogens with zero attached hydrogens (tertiary/aromatic N) is 1. The summed E-state index contributed by atoms with van der Waals surface area (Å²) in [7, 11) is 0. The molecule has 0 aromatic carbocycles. The van der Waals surface area contributed by atoms with Gasteiger partial charge < -0.3 is 9.52 Å². The Morgan fingerprint density at radius 1 is 1.38 bits per heavy atom. The largest absolute Gasteiger partial charge is 0.469 e. The van der Waals surface area contributed by atoms with E-state index in [1.54, 1.807) is 18.5 Å². The van der Waals surface area contributed by atoms with Crippen LogP contribution in [0, 0.1) is 13.8 Å². The molecular formula is C13H15NO2. The quantitative estimate of drug-likeness (QED) is 0.859. The van der Waals surface area contributed by atoms with Gasteiger partial charge in [0, 0.05) is 23.9 Å². The van der Waals surface area contributed by atoms with Gasteiger partial charge >= 0.3 is 0 Å². The van der Waals surface area contributed by atoms with E-state index in [4.69, 9.17) is 4.42 Å². The van der Waals surface area contributed by atoms with E-state index in [1.807, 2.05) is 26.0 Å². The molecular weight excluding hydrogens is 202 g/mol. The molecule has 0 amide bonds. The van der Waals surface area contributed by atoms with Gasteiger partial charge in [-0.15, -0.1) is 0 Å². The van der Waals surface area contributed by atoms with Crippen LogP contribution in [0.5, 0.6) is 0 Å². The van der Waals surface area contributed by atoms with Gasteiger partial charge in [0.15, 0.2) is 0 Å². The van der Waals surface area contributed by atoms with Gasteiger partial charge in [0.25, 0.3) is 0 Å². The van der Waals surface area contributed by atoms with Crippen molar-refractivity contribution in [2.24, 2.45) is 0 Å². The minimum absolute atomic E-state index is 0.521. The molecule has 0 aliphatic heterocycles. The maximum atomic E-state index is 10.1. The van der Waals surface area contributed by atoms with Gasteiger partial charge in [-0.1, -0.05) is 6.07 Å². The van der Waals surface area contributed by atoms with Crippen LogP contribution in [0.3, 0.4) is 0 Å². The van der Waals surface area contributed by atoms with Crippen molar-refractivity contribution in [2.75, 3.05) is 0 Å². The summed E-state index contributed by atoms with van der Waals surface area (Å²) in [5, 5.41) is 10.1. The molecule has 1 N–H and O–H groups in total. The van der Waals surface area contributed by atoms with E-state index < -0.39 is 6.10 Å². The van der Waals surface area contributed by atoms with E-state index in [9.17, 15) is 5.11 Å². The molecule has 1 unspecified atom stereocenters. The second-order valence-electron chi connectivity index (χ2n) is 3.92. The molecule has 16 heavy (non-hydrogen) atoms. The molecule has 3 heteroatoms. The van der Waals surface area contributed by atoms with E-state index in [0.717, 1.165) is 22.6 Å². The molecule has 0 saturated carbocycles. The zero-order valence-corrected chi connectivity index (χ0v) is 9.47. The normalized spacial score (nSPS) is 12.7. The summed E-state index contributed by atoms with van der Waals surface area (Å²) in [6.07, 6.45) is 3.32. The summed E-state index contributed by atoms with van der Waals surface area (Å²) < 4.78 is 5.17. The fraction of sp³-hybridized carbons (Fsp3) is 0.308. The molecule has 0 spiro atoms. The van der Waals surface area contributed by atoms with Crippen LogP contribution in [0.4, 0.5) is 0 Å². The summed E-state index contributed by atoms with van der Waals surface area (Å²) in [4.78, 5) is 4.27. The lowest BCUT2D eigenvalue weighted by molar-refractivity contribution is 0.175. The molecule has 0 aliphatic rings. The SMILES string of the molecule is Cc1cccnc1CC(O)c1ccoc1C. The maximum Gasteiger partial charge on any atom is 0.106 e. The van der Waals surface area contributed by atoms with Crippen molar-refractivity contribution in [3.05, 3.63) is 53.2 Å². The first-order chi connectivity index (χ1) is 7.68. The van der Waals surface area contributed by atoms with Crippen LogP contribution in [0.2, 0.25) is 0 Å². The van der Waals surface area contributed by atoms with Crippen molar-refractivity contribution < 1.29 is 9.52 Å². The van der Waals surface area contributed by atoms with Crippen molar-refractivity contribution in [3.63, 3.8) is 0 Å². The highest BCUT2D eigenvalue weighted by Gasteiger charge is 2.14. The molecule has 0 radical (unpaired) electrons. The third-order valence-corrected chi connectivity index (χ3v) is 2.76. The molecule has 2 heterocycles. The Bertz CT molecular complexity index is 476. The first kappa shape index (κ1) is 10.9. The Morgan fingerprint density at radius 3 is 2.81 bits per heavy atom.